The number of methoxy groups -OCH3 is 2. The van der Waals surface area contributed by atoms with Gasteiger partial charge in [-0.25, -0.2) is 4.68 Å². The van der Waals surface area contributed by atoms with E-state index in [0.29, 0.717) is 11.3 Å². The smallest absolute Gasteiger partial charge is 0.132 e. The van der Waals surface area contributed by atoms with Gasteiger partial charge in [0.25, 0.3) is 0 Å². The lowest BCUT2D eigenvalue weighted by Crippen LogP contribution is -1.97. The van der Waals surface area contributed by atoms with Gasteiger partial charge in [0.15, 0.2) is 0 Å². The fourth-order valence-electron chi connectivity index (χ4n) is 2.49. The molecule has 0 spiro atoms. The molecule has 0 saturated carbocycles. The standard InChI is InChI=1S/C19H17N3O2/c1-13-4-5-15(10-14(13)12-20)22-9-8-18(21-22)17-7-6-16(23-2)11-19(17)24-3/h4-11H,1-3H3. The summed E-state index contributed by atoms with van der Waals surface area (Å²) in [6, 6.07) is 15.4. The van der Waals surface area contributed by atoms with E-state index in [1.807, 2.05) is 55.6 Å². The number of benzene rings is 2. The molecule has 0 aliphatic heterocycles. The van der Waals surface area contributed by atoms with Crippen LogP contribution in [0.25, 0.3) is 16.9 Å². The van der Waals surface area contributed by atoms with E-state index in [9.17, 15) is 5.26 Å². The molecule has 1 aromatic heterocycles. The van der Waals surface area contributed by atoms with E-state index >= 15 is 0 Å². The zero-order valence-corrected chi connectivity index (χ0v) is 13.8. The molecule has 24 heavy (non-hydrogen) atoms. The van der Waals surface area contributed by atoms with Crippen LogP contribution in [0.1, 0.15) is 11.1 Å². The third-order valence-electron chi connectivity index (χ3n) is 3.88. The molecule has 0 unspecified atom stereocenters. The van der Waals surface area contributed by atoms with Crippen molar-refractivity contribution >= 4 is 0 Å². The van der Waals surface area contributed by atoms with Crippen molar-refractivity contribution in [2.45, 2.75) is 6.92 Å². The Balaban J connectivity index is 2.01. The maximum absolute atomic E-state index is 9.18. The van der Waals surface area contributed by atoms with Crippen LogP contribution in [0, 0.1) is 18.3 Å². The van der Waals surface area contributed by atoms with Crippen molar-refractivity contribution < 1.29 is 9.47 Å². The Hall–Kier alpha value is -3.26. The van der Waals surface area contributed by atoms with Crippen LogP contribution in [0.15, 0.2) is 48.7 Å². The Bertz CT molecular complexity index is 923. The minimum absolute atomic E-state index is 0.645. The SMILES string of the molecule is COc1ccc(-c2ccn(-c3ccc(C)c(C#N)c3)n2)c(OC)c1. The summed E-state index contributed by atoms with van der Waals surface area (Å²) in [6.45, 7) is 1.92. The quantitative estimate of drug-likeness (QED) is 0.735. The molecule has 0 N–H and O–H groups in total. The fourth-order valence-corrected chi connectivity index (χ4v) is 2.49. The van der Waals surface area contributed by atoms with Crippen LogP contribution < -0.4 is 9.47 Å². The van der Waals surface area contributed by atoms with Gasteiger partial charge < -0.3 is 9.47 Å². The van der Waals surface area contributed by atoms with Gasteiger partial charge in [-0.3, -0.25) is 0 Å². The van der Waals surface area contributed by atoms with E-state index in [-0.39, 0.29) is 0 Å². The van der Waals surface area contributed by atoms with Crippen molar-refractivity contribution in [3.05, 3.63) is 59.8 Å². The number of rotatable bonds is 4. The Morgan fingerprint density at radius 1 is 1.04 bits per heavy atom. The van der Waals surface area contributed by atoms with Crippen molar-refractivity contribution in [2.24, 2.45) is 0 Å². The summed E-state index contributed by atoms with van der Waals surface area (Å²) in [4.78, 5) is 0. The Labute approximate surface area is 140 Å². The highest BCUT2D eigenvalue weighted by Gasteiger charge is 2.11. The molecule has 1 heterocycles. The average Bonchev–Trinajstić information content (AvgIpc) is 3.11. The summed E-state index contributed by atoms with van der Waals surface area (Å²) < 4.78 is 12.4. The Morgan fingerprint density at radius 3 is 2.58 bits per heavy atom. The molecule has 0 atom stereocenters. The lowest BCUT2D eigenvalue weighted by molar-refractivity contribution is 0.395. The van der Waals surface area contributed by atoms with Crippen molar-refractivity contribution in [3.63, 3.8) is 0 Å². The van der Waals surface area contributed by atoms with Crippen LogP contribution in [-0.2, 0) is 0 Å². The van der Waals surface area contributed by atoms with Crippen molar-refractivity contribution in [1.29, 1.82) is 5.26 Å². The van der Waals surface area contributed by atoms with E-state index in [1.54, 1.807) is 18.9 Å². The van der Waals surface area contributed by atoms with Gasteiger partial charge in [-0.2, -0.15) is 10.4 Å². The summed E-state index contributed by atoms with van der Waals surface area (Å²) in [5.41, 5.74) is 4.10. The molecule has 2 aromatic carbocycles. The van der Waals surface area contributed by atoms with Gasteiger partial charge >= 0.3 is 0 Å². The average molecular weight is 319 g/mol. The molecule has 3 aromatic rings. The summed E-state index contributed by atoms with van der Waals surface area (Å²) in [5, 5.41) is 13.8. The first kappa shape index (κ1) is 15.6. The molecule has 5 heteroatoms. The molecule has 0 aliphatic rings. The lowest BCUT2D eigenvalue weighted by Gasteiger charge is -2.08. The number of nitrogens with zero attached hydrogens (tertiary/aromatic N) is 3. The number of aryl methyl sites for hydroxylation is 1. The zero-order chi connectivity index (χ0) is 17.1. The molecule has 0 aliphatic carbocycles. The largest absolute Gasteiger partial charge is 0.497 e. The van der Waals surface area contributed by atoms with E-state index < -0.39 is 0 Å². The van der Waals surface area contributed by atoms with Crippen LogP contribution in [-0.4, -0.2) is 24.0 Å². The van der Waals surface area contributed by atoms with Crippen LogP contribution in [0.4, 0.5) is 0 Å². The van der Waals surface area contributed by atoms with Crippen LogP contribution in [0.2, 0.25) is 0 Å². The van der Waals surface area contributed by atoms with Crippen LogP contribution in [0.5, 0.6) is 11.5 Å². The maximum Gasteiger partial charge on any atom is 0.132 e. The Kier molecular flexibility index (Phi) is 4.21. The fraction of sp³-hybridized carbons (Fsp3) is 0.158. The van der Waals surface area contributed by atoms with E-state index in [2.05, 4.69) is 11.2 Å². The van der Waals surface area contributed by atoms with E-state index in [0.717, 1.165) is 28.3 Å². The highest BCUT2D eigenvalue weighted by atomic mass is 16.5. The monoisotopic (exact) mass is 319 g/mol. The summed E-state index contributed by atoms with van der Waals surface area (Å²) >= 11 is 0. The summed E-state index contributed by atoms with van der Waals surface area (Å²) in [5.74, 6) is 1.42. The van der Waals surface area contributed by atoms with Gasteiger partial charge in [0.05, 0.1) is 37.2 Å². The topological polar surface area (TPSA) is 60.1 Å². The lowest BCUT2D eigenvalue weighted by atomic mass is 10.1. The van der Waals surface area contributed by atoms with Crippen molar-refractivity contribution in [3.8, 4) is 34.5 Å². The first-order valence-electron chi connectivity index (χ1n) is 7.45. The number of nitriles is 1. The molecule has 0 fully saturated rings. The van der Waals surface area contributed by atoms with Crippen LogP contribution in [0.3, 0.4) is 0 Å². The van der Waals surface area contributed by atoms with Gasteiger partial charge in [-0.1, -0.05) is 6.07 Å². The number of hydrogen-bond acceptors (Lipinski definition) is 4. The molecule has 3 rings (SSSR count). The van der Waals surface area contributed by atoms with Gasteiger partial charge in [0.1, 0.15) is 11.5 Å². The predicted octanol–water partition coefficient (Wildman–Crippen LogP) is 3.74. The predicted molar refractivity (Wildman–Crippen MR) is 91.6 cm³/mol. The third kappa shape index (κ3) is 2.82. The second-order valence-electron chi connectivity index (χ2n) is 5.32. The number of hydrogen-bond donors (Lipinski definition) is 0. The third-order valence-corrected chi connectivity index (χ3v) is 3.88. The molecular formula is C19H17N3O2. The van der Waals surface area contributed by atoms with Crippen LogP contribution >= 0.6 is 0 Å². The summed E-state index contributed by atoms with van der Waals surface area (Å²) in [7, 11) is 3.24. The maximum atomic E-state index is 9.18. The number of aromatic nitrogens is 2. The normalized spacial score (nSPS) is 10.2. The number of ether oxygens (including phenoxy) is 2. The molecule has 5 nitrogen and oxygen atoms in total. The van der Waals surface area contributed by atoms with E-state index in [4.69, 9.17) is 9.47 Å². The Morgan fingerprint density at radius 2 is 1.88 bits per heavy atom. The molecule has 120 valence electrons. The summed E-state index contributed by atoms with van der Waals surface area (Å²) in [6.07, 6.45) is 1.87. The van der Waals surface area contributed by atoms with E-state index in [1.165, 1.54) is 0 Å². The minimum atomic E-state index is 0.645. The first-order valence-corrected chi connectivity index (χ1v) is 7.45. The molecular weight excluding hydrogens is 302 g/mol. The van der Waals surface area contributed by atoms with Gasteiger partial charge in [-0.15, -0.1) is 0 Å². The highest BCUT2D eigenvalue weighted by molar-refractivity contribution is 5.68. The highest BCUT2D eigenvalue weighted by Crippen LogP contribution is 2.32. The van der Waals surface area contributed by atoms with Gasteiger partial charge in [-0.05, 0) is 42.8 Å². The molecule has 0 saturated heterocycles. The second kappa shape index (κ2) is 6.47. The minimum Gasteiger partial charge on any atom is -0.497 e. The molecule has 0 bridgehead atoms. The zero-order valence-electron chi connectivity index (χ0n) is 13.8. The second-order valence-corrected chi connectivity index (χ2v) is 5.32. The molecule has 0 amide bonds. The first-order chi connectivity index (χ1) is 11.7. The molecule has 0 radical (unpaired) electrons. The van der Waals surface area contributed by atoms with Gasteiger partial charge in [0.2, 0.25) is 0 Å². The van der Waals surface area contributed by atoms with Gasteiger partial charge in [0, 0.05) is 17.8 Å². The van der Waals surface area contributed by atoms with Crippen molar-refractivity contribution in [2.75, 3.05) is 14.2 Å². The van der Waals surface area contributed by atoms with Crippen molar-refractivity contribution in [1.82, 2.24) is 9.78 Å².